The second kappa shape index (κ2) is 4.67. The summed E-state index contributed by atoms with van der Waals surface area (Å²) in [6.07, 6.45) is 2.42. The molecule has 3 rings (SSSR count). The maximum absolute atomic E-state index is 11.9. The summed E-state index contributed by atoms with van der Waals surface area (Å²) in [6, 6.07) is 9.26. The fourth-order valence-corrected chi connectivity index (χ4v) is 2.29. The van der Waals surface area contributed by atoms with Gasteiger partial charge in [-0.1, -0.05) is 6.07 Å². The van der Waals surface area contributed by atoms with Gasteiger partial charge in [0.1, 0.15) is 5.75 Å². The maximum atomic E-state index is 11.9. The highest BCUT2D eigenvalue weighted by molar-refractivity contribution is 6.33. The molecule has 0 radical (unpaired) electrons. The molecule has 1 aliphatic heterocycles. The van der Waals surface area contributed by atoms with Gasteiger partial charge in [-0.15, -0.1) is 11.6 Å². The third kappa shape index (κ3) is 2.22. The number of Topliss-reactive ketones (excluding diaryl/α,β-unsaturated/α-hetero) is 1. The molecule has 0 saturated carbocycles. The molecule has 0 aliphatic carbocycles. The zero-order valence-electron chi connectivity index (χ0n) is 10.4. The van der Waals surface area contributed by atoms with Crippen LogP contribution in [0.25, 0.3) is 0 Å². The number of pyridine rings is 1. The normalized spacial score (nSPS) is 14.0. The van der Waals surface area contributed by atoms with Crippen molar-refractivity contribution in [3.63, 3.8) is 0 Å². The molecular formula is C15H12ClNO2. The molecule has 1 aromatic heterocycles. The predicted octanol–water partition coefficient (Wildman–Crippen LogP) is 3.59. The molecule has 0 fully saturated rings. The zero-order valence-corrected chi connectivity index (χ0v) is 11.1. The highest BCUT2D eigenvalue weighted by Crippen LogP contribution is 2.35. The van der Waals surface area contributed by atoms with E-state index in [-0.39, 0.29) is 5.78 Å². The number of carbonyl (C=O) groups excluding carboxylic acids is 1. The van der Waals surface area contributed by atoms with E-state index < -0.39 is 5.38 Å². The molecule has 1 unspecified atom stereocenters. The summed E-state index contributed by atoms with van der Waals surface area (Å²) in [6.45, 7) is 1.68. The average molecular weight is 274 g/mol. The van der Waals surface area contributed by atoms with E-state index in [0.29, 0.717) is 11.4 Å². The molecule has 4 heteroatoms. The van der Waals surface area contributed by atoms with Gasteiger partial charge in [0, 0.05) is 29.3 Å². The fourth-order valence-electron chi connectivity index (χ4n) is 2.16. The van der Waals surface area contributed by atoms with Crippen LogP contribution >= 0.6 is 11.6 Å². The van der Waals surface area contributed by atoms with E-state index in [9.17, 15) is 4.79 Å². The molecule has 96 valence electrons. The van der Waals surface area contributed by atoms with Gasteiger partial charge in [-0.25, -0.2) is 4.98 Å². The molecule has 19 heavy (non-hydrogen) atoms. The van der Waals surface area contributed by atoms with Gasteiger partial charge in [-0.05, 0) is 31.2 Å². The summed E-state index contributed by atoms with van der Waals surface area (Å²) in [5.74, 6) is 1.33. The first kappa shape index (κ1) is 12.2. The molecule has 0 spiro atoms. The molecule has 0 amide bonds. The lowest BCUT2D eigenvalue weighted by Gasteiger charge is -2.19. The van der Waals surface area contributed by atoms with Crippen LogP contribution < -0.4 is 4.74 Å². The lowest BCUT2D eigenvalue weighted by Crippen LogP contribution is -2.12. The number of rotatable bonds is 2. The largest absolute Gasteiger partial charge is 0.438 e. The van der Waals surface area contributed by atoms with Crippen molar-refractivity contribution < 1.29 is 9.53 Å². The van der Waals surface area contributed by atoms with Crippen LogP contribution in [0.4, 0.5) is 0 Å². The lowest BCUT2D eigenvalue weighted by molar-refractivity contribution is 0.0991. The van der Waals surface area contributed by atoms with E-state index in [1.807, 2.05) is 18.2 Å². The quantitative estimate of drug-likeness (QED) is 0.529. The van der Waals surface area contributed by atoms with Crippen molar-refractivity contribution in [1.82, 2.24) is 4.98 Å². The van der Waals surface area contributed by atoms with Crippen molar-refractivity contribution in [3.05, 3.63) is 53.2 Å². The molecule has 0 N–H and O–H groups in total. The number of nitrogens with zero attached hydrogens (tertiary/aromatic N) is 1. The first-order valence-electron chi connectivity index (χ1n) is 6.08. The number of carbonyl (C=O) groups is 1. The maximum Gasteiger partial charge on any atom is 0.222 e. The summed E-state index contributed by atoms with van der Waals surface area (Å²) in [7, 11) is 0. The molecule has 3 nitrogen and oxygen atoms in total. The van der Waals surface area contributed by atoms with Crippen LogP contribution in [0.1, 0.15) is 28.4 Å². The highest BCUT2D eigenvalue weighted by Gasteiger charge is 2.20. The van der Waals surface area contributed by atoms with Gasteiger partial charge in [-0.2, -0.15) is 0 Å². The number of hydrogen-bond donors (Lipinski definition) is 0. The van der Waals surface area contributed by atoms with Gasteiger partial charge in [-0.3, -0.25) is 4.79 Å². The summed E-state index contributed by atoms with van der Waals surface area (Å²) >= 11 is 5.84. The summed E-state index contributed by atoms with van der Waals surface area (Å²) in [5.41, 5.74) is 2.64. The number of ketones is 1. The number of hydrogen-bond acceptors (Lipinski definition) is 3. The molecule has 2 aromatic rings. The van der Waals surface area contributed by atoms with Crippen LogP contribution in [-0.4, -0.2) is 16.1 Å². The summed E-state index contributed by atoms with van der Waals surface area (Å²) < 4.78 is 5.72. The van der Waals surface area contributed by atoms with E-state index in [0.717, 1.165) is 23.3 Å². The van der Waals surface area contributed by atoms with E-state index in [1.54, 1.807) is 25.3 Å². The number of halogens is 1. The minimum Gasteiger partial charge on any atom is -0.438 e. The topological polar surface area (TPSA) is 39.2 Å². The Morgan fingerprint density at radius 3 is 3.00 bits per heavy atom. The molecule has 1 atom stereocenters. The van der Waals surface area contributed by atoms with Crippen molar-refractivity contribution >= 4 is 17.4 Å². The molecule has 1 aliphatic rings. The summed E-state index contributed by atoms with van der Waals surface area (Å²) in [5, 5.41) is -0.517. The van der Waals surface area contributed by atoms with Gasteiger partial charge in [0.15, 0.2) is 5.78 Å². The van der Waals surface area contributed by atoms with Crippen molar-refractivity contribution in [2.24, 2.45) is 0 Å². The van der Waals surface area contributed by atoms with E-state index >= 15 is 0 Å². The molecular weight excluding hydrogens is 262 g/mol. The minimum atomic E-state index is -0.517. The first-order chi connectivity index (χ1) is 9.15. The molecule has 0 saturated heterocycles. The lowest BCUT2D eigenvalue weighted by atomic mass is 9.98. The Kier molecular flexibility index (Phi) is 2.99. The Balaban J connectivity index is 1.98. The Morgan fingerprint density at radius 1 is 1.37 bits per heavy atom. The Hall–Kier alpha value is -1.87. The standard InChI is InChI=1S/C15H12ClNO2/c1-9(16)14(18)10-4-5-13-12(7-10)8-11-3-2-6-17-15(11)19-13/h2-7,9H,8H2,1H3. The number of alkyl halides is 1. The van der Waals surface area contributed by atoms with Gasteiger partial charge in [0.2, 0.25) is 5.88 Å². The van der Waals surface area contributed by atoms with Crippen molar-refractivity contribution in [3.8, 4) is 11.6 Å². The Bertz CT molecular complexity index is 652. The monoisotopic (exact) mass is 273 g/mol. The van der Waals surface area contributed by atoms with Crippen molar-refractivity contribution in [1.29, 1.82) is 0 Å². The molecule has 1 aromatic carbocycles. The van der Waals surface area contributed by atoms with Crippen LogP contribution in [0.2, 0.25) is 0 Å². The highest BCUT2D eigenvalue weighted by atomic mass is 35.5. The van der Waals surface area contributed by atoms with Crippen LogP contribution in [0.5, 0.6) is 11.6 Å². The smallest absolute Gasteiger partial charge is 0.222 e. The van der Waals surface area contributed by atoms with Gasteiger partial charge in [0.05, 0.1) is 5.38 Å². The third-order valence-corrected chi connectivity index (χ3v) is 3.34. The van der Waals surface area contributed by atoms with Crippen LogP contribution in [0.15, 0.2) is 36.5 Å². The van der Waals surface area contributed by atoms with Crippen LogP contribution in [0.3, 0.4) is 0 Å². The van der Waals surface area contributed by atoms with Crippen molar-refractivity contribution in [2.45, 2.75) is 18.7 Å². The van der Waals surface area contributed by atoms with E-state index in [1.165, 1.54) is 0 Å². The fraction of sp³-hybridized carbons (Fsp3) is 0.200. The zero-order chi connectivity index (χ0) is 13.4. The van der Waals surface area contributed by atoms with Crippen LogP contribution in [0, 0.1) is 0 Å². The molecule has 2 heterocycles. The SMILES string of the molecule is CC(Cl)C(=O)c1ccc2c(c1)Cc1cccnc1O2. The van der Waals surface area contributed by atoms with Gasteiger partial charge >= 0.3 is 0 Å². The number of benzene rings is 1. The Morgan fingerprint density at radius 2 is 2.21 bits per heavy atom. The van der Waals surface area contributed by atoms with E-state index in [2.05, 4.69) is 4.98 Å². The number of aromatic nitrogens is 1. The predicted molar refractivity (Wildman–Crippen MR) is 73.2 cm³/mol. The number of ether oxygens (including phenoxy) is 1. The van der Waals surface area contributed by atoms with E-state index in [4.69, 9.17) is 16.3 Å². The van der Waals surface area contributed by atoms with Gasteiger partial charge < -0.3 is 4.74 Å². The Labute approximate surface area is 116 Å². The first-order valence-corrected chi connectivity index (χ1v) is 6.52. The second-order valence-electron chi connectivity index (χ2n) is 4.55. The van der Waals surface area contributed by atoms with Gasteiger partial charge in [0.25, 0.3) is 0 Å². The molecule has 0 bridgehead atoms. The summed E-state index contributed by atoms with van der Waals surface area (Å²) in [4.78, 5) is 16.1. The third-order valence-electron chi connectivity index (χ3n) is 3.14. The van der Waals surface area contributed by atoms with Crippen LogP contribution in [-0.2, 0) is 6.42 Å². The second-order valence-corrected chi connectivity index (χ2v) is 5.20. The van der Waals surface area contributed by atoms with Crippen molar-refractivity contribution in [2.75, 3.05) is 0 Å². The minimum absolute atomic E-state index is 0.0681. The average Bonchev–Trinajstić information content (AvgIpc) is 2.43. The number of fused-ring (bicyclic) bond motifs is 2.